The molecule has 0 aliphatic carbocycles. The van der Waals surface area contributed by atoms with Crippen molar-refractivity contribution < 1.29 is 4.74 Å². The third kappa shape index (κ3) is 2.85. The lowest BCUT2D eigenvalue weighted by atomic mass is 10.2. The highest BCUT2D eigenvalue weighted by Gasteiger charge is 2.14. The van der Waals surface area contributed by atoms with Crippen molar-refractivity contribution in [2.45, 2.75) is 6.92 Å². The fourth-order valence-electron chi connectivity index (χ4n) is 1.70. The van der Waals surface area contributed by atoms with Crippen LogP contribution in [0.25, 0.3) is 0 Å². The van der Waals surface area contributed by atoms with E-state index in [1.807, 2.05) is 18.2 Å². The van der Waals surface area contributed by atoms with Crippen LogP contribution in [0.15, 0.2) is 24.3 Å². The second kappa shape index (κ2) is 5.16. The minimum absolute atomic E-state index is 0.672. The quantitative estimate of drug-likeness (QED) is 0.802. The van der Waals surface area contributed by atoms with E-state index in [0.717, 1.165) is 30.5 Å². The number of hydrogen-bond donors (Lipinski definition) is 1. The Morgan fingerprint density at radius 1 is 1.50 bits per heavy atom. The molecule has 1 N–H and O–H groups in total. The van der Waals surface area contributed by atoms with Gasteiger partial charge in [0, 0.05) is 13.1 Å². The van der Waals surface area contributed by atoms with E-state index in [0.29, 0.717) is 6.61 Å². The maximum atomic E-state index is 5.67. The normalized spacial score (nSPS) is 15.1. The van der Waals surface area contributed by atoms with Gasteiger partial charge in [-0.05, 0) is 36.8 Å². The van der Waals surface area contributed by atoms with Crippen LogP contribution in [-0.4, -0.2) is 36.3 Å². The van der Waals surface area contributed by atoms with Gasteiger partial charge in [0.1, 0.15) is 12.4 Å². The number of thiocarbonyl (C=S) groups is 1. The molecule has 86 valence electrons. The molecule has 1 aliphatic rings. The van der Waals surface area contributed by atoms with E-state index in [2.05, 4.69) is 23.2 Å². The molecule has 1 aliphatic heterocycles. The molecule has 1 aromatic rings. The SMILES string of the molecule is Cc1cccc(OCCN2CCNC2=S)c1. The van der Waals surface area contributed by atoms with Gasteiger partial charge in [0.05, 0.1) is 6.54 Å². The third-order valence-corrected chi connectivity index (χ3v) is 2.97. The zero-order valence-electron chi connectivity index (χ0n) is 9.40. The van der Waals surface area contributed by atoms with Crippen LogP contribution in [0.4, 0.5) is 0 Å². The van der Waals surface area contributed by atoms with Gasteiger partial charge in [0.2, 0.25) is 0 Å². The number of nitrogens with zero attached hydrogens (tertiary/aromatic N) is 1. The molecule has 0 atom stereocenters. The fraction of sp³-hybridized carbons (Fsp3) is 0.417. The molecule has 2 rings (SSSR count). The van der Waals surface area contributed by atoms with Crippen molar-refractivity contribution in [1.82, 2.24) is 10.2 Å². The summed E-state index contributed by atoms with van der Waals surface area (Å²) >= 11 is 5.15. The molecule has 0 unspecified atom stereocenters. The Labute approximate surface area is 101 Å². The van der Waals surface area contributed by atoms with E-state index in [9.17, 15) is 0 Å². The Morgan fingerprint density at radius 3 is 3.06 bits per heavy atom. The summed E-state index contributed by atoms with van der Waals surface area (Å²) in [7, 11) is 0. The first-order chi connectivity index (χ1) is 7.75. The zero-order chi connectivity index (χ0) is 11.4. The van der Waals surface area contributed by atoms with E-state index in [1.54, 1.807) is 0 Å². The minimum atomic E-state index is 0.672. The number of nitrogens with one attached hydrogen (secondary N) is 1. The van der Waals surface area contributed by atoms with Gasteiger partial charge in [-0.3, -0.25) is 0 Å². The largest absolute Gasteiger partial charge is 0.492 e. The van der Waals surface area contributed by atoms with Crippen LogP contribution in [0.3, 0.4) is 0 Å². The Balaban J connectivity index is 1.77. The van der Waals surface area contributed by atoms with Gasteiger partial charge >= 0.3 is 0 Å². The first-order valence-corrected chi connectivity index (χ1v) is 5.89. The van der Waals surface area contributed by atoms with Gasteiger partial charge in [0.15, 0.2) is 5.11 Å². The lowest BCUT2D eigenvalue weighted by molar-refractivity contribution is 0.278. The molecule has 0 amide bonds. The molecule has 4 heteroatoms. The maximum Gasteiger partial charge on any atom is 0.169 e. The number of ether oxygens (including phenoxy) is 1. The molecule has 16 heavy (non-hydrogen) atoms. The van der Waals surface area contributed by atoms with Crippen LogP contribution >= 0.6 is 12.2 Å². The first kappa shape index (κ1) is 11.2. The van der Waals surface area contributed by atoms with Gasteiger partial charge in [-0.15, -0.1) is 0 Å². The molecule has 1 saturated heterocycles. The summed E-state index contributed by atoms with van der Waals surface area (Å²) in [6, 6.07) is 8.09. The van der Waals surface area contributed by atoms with Crippen molar-refractivity contribution in [3.8, 4) is 5.75 Å². The Hall–Kier alpha value is -1.29. The molecule has 0 radical (unpaired) electrons. The highest BCUT2D eigenvalue weighted by molar-refractivity contribution is 7.80. The molecule has 0 saturated carbocycles. The van der Waals surface area contributed by atoms with Crippen LogP contribution in [-0.2, 0) is 0 Å². The molecule has 1 heterocycles. The molecule has 1 fully saturated rings. The van der Waals surface area contributed by atoms with Crippen LogP contribution < -0.4 is 10.1 Å². The van der Waals surface area contributed by atoms with Crippen LogP contribution in [0.5, 0.6) is 5.75 Å². The van der Waals surface area contributed by atoms with Gasteiger partial charge in [-0.1, -0.05) is 12.1 Å². The molecule has 1 aromatic carbocycles. The molecule has 0 bridgehead atoms. The molecular weight excluding hydrogens is 220 g/mol. The van der Waals surface area contributed by atoms with E-state index < -0.39 is 0 Å². The number of hydrogen-bond acceptors (Lipinski definition) is 2. The van der Waals surface area contributed by atoms with Gasteiger partial charge < -0.3 is 15.0 Å². The van der Waals surface area contributed by atoms with E-state index in [1.165, 1.54) is 5.56 Å². The minimum Gasteiger partial charge on any atom is -0.492 e. The fourth-order valence-corrected chi connectivity index (χ4v) is 1.99. The van der Waals surface area contributed by atoms with Crippen LogP contribution in [0, 0.1) is 6.92 Å². The Morgan fingerprint density at radius 2 is 2.38 bits per heavy atom. The predicted molar refractivity (Wildman–Crippen MR) is 68.8 cm³/mol. The number of aryl methyl sites for hydroxylation is 1. The predicted octanol–water partition coefficient (Wildman–Crippen LogP) is 1.56. The summed E-state index contributed by atoms with van der Waals surface area (Å²) in [5.74, 6) is 0.929. The lowest BCUT2D eigenvalue weighted by Crippen LogP contribution is -2.31. The topological polar surface area (TPSA) is 24.5 Å². The van der Waals surface area contributed by atoms with Crippen molar-refractivity contribution in [3.05, 3.63) is 29.8 Å². The Bertz CT molecular complexity index is 381. The summed E-state index contributed by atoms with van der Waals surface area (Å²) in [5.41, 5.74) is 1.22. The third-order valence-electron chi connectivity index (χ3n) is 2.56. The highest BCUT2D eigenvalue weighted by Crippen LogP contribution is 2.12. The highest BCUT2D eigenvalue weighted by atomic mass is 32.1. The van der Waals surface area contributed by atoms with Crippen molar-refractivity contribution >= 4 is 17.3 Å². The maximum absolute atomic E-state index is 5.67. The van der Waals surface area contributed by atoms with Crippen molar-refractivity contribution in [2.75, 3.05) is 26.2 Å². The van der Waals surface area contributed by atoms with Gasteiger partial charge in [-0.25, -0.2) is 0 Å². The number of benzene rings is 1. The smallest absolute Gasteiger partial charge is 0.169 e. The van der Waals surface area contributed by atoms with Crippen molar-refractivity contribution in [1.29, 1.82) is 0 Å². The van der Waals surface area contributed by atoms with Crippen LogP contribution in [0.2, 0.25) is 0 Å². The van der Waals surface area contributed by atoms with Gasteiger partial charge in [-0.2, -0.15) is 0 Å². The zero-order valence-corrected chi connectivity index (χ0v) is 10.2. The summed E-state index contributed by atoms with van der Waals surface area (Å²) in [6.45, 7) is 5.51. The van der Waals surface area contributed by atoms with Crippen LogP contribution in [0.1, 0.15) is 5.56 Å². The molecule has 3 nitrogen and oxygen atoms in total. The summed E-state index contributed by atoms with van der Waals surface area (Å²) < 4.78 is 5.67. The average molecular weight is 236 g/mol. The molecule has 0 aromatic heterocycles. The van der Waals surface area contributed by atoms with E-state index in [4.69, 9.17) is 17.0 Å². The van der Waals surface area contributed by atoms with E-state index in [-0.39, 0.29) is 0 Å². The molecule has 0 spiro atoms. The van der Waals surface area contributed by atoms with Crippen molar-refractivity contribution in [3.63, 3.8) is 0 Å². The van der Waals surface area contributed by atoms with Crippen molar-refractivity contribution in [2.24, 2.45) is 0 Å². The number of rotatable bonds is 4. The standard InChI is InChI=1S/C12H16N2OS/c1-10-3-2-4-11(9-10)15-8-7-14-6-5-13-12(14)16/h2-4,9H,5-8H2,1H3,(H,13,16). The second-order valence-corrected chi connectivity index (χ2v) is 4.27. The molecular formula is C12H16N2OS. The van der Waals surface area contributed by atoms with Gasteiger partial charge in [0.25, 0.3) is 0 Å². The summed E-state index contributed by atoms with van der Waals surface area (Å²) in [6.07, 6.45) is 0. The lowest BCUT2D eigenvalue weighted by Gasteiger charge is -2.16. The van der Waals surface area contributed by atoms with E-state index >= 15 is 0 Å². The first-order valence-electron chi connectivity index (χ1n) is 5.48. The summed E-state index contributed by atoms with van der Waals surface area (Å²) in [5, 5.41) is 3.97. The average Bonchev–Trinajstić information content (AvgIpc) is 2.65. The summed E-state index contributed by atoms with van der Waals surface area (Å²) in [4.78, 5) is 2.13. The second-order valence-electron chi connectivity index (χ2n) is 3.88. The Kier molecular flexibility index (Phi) is 3.62. The monoisotopic (exact) mass is 236 g/mol.